The molecule has 1 atom stereocenters. The van der Waals surface area contributed by atoms with Crippen LogP contribution in [-0.4, -0.2) is 17.4 Å². The van der Waals surface area contributed by atoms with Gasteiger partial charge in [0.1, 0.15) is 4.60 Å². The number of hydrogen-bond donors (Lipinski definition) is 1. The van der Waals surface area contributed by atoms with Gasteiger partial charge in [-0.2, -0.15) is 0 Å². The molecule has 1 N–H and O–H groups in total. The Morgan fingerprint density at radius 2 is 2.00 bits per heavy atom. The highest BCUT2D eigenvalue weighted by molar-refractivity contribution is 9.10. The predicted molar refractivity (Wildman–Crippen MR) is 83.7 cm³/mol. The summed E-state index contributed by atoms with van der Waals surface area (Å²) in [5.41, 5.74) is 1.86. The second-order valence-electron chi connectivity index (χ2n) is 4.70. The van der Waals surface area contributed by atoms with Crippen molar-refractivity contribution in [2.45, 2.75) is 19.3 Å². The van der Waals surface area contributed by atoms with Gasteiger partial charge in [-0.1, -0.05) is 37.3 Å². The predicted octanol–water partition coefficient (Wildman–Crippen LogP) is 3.77. The van der Waals surface area contributed by atoms with E-state index in [1.807, 2.05) is 18.2 Å². The highest BCUT2D eigenvalue weighted by atomic mass is 79.9. The lowest BCUT2D eigenvalue weighted by atomic mass is 9.98. The first-order chi connectivity index (χ1) is 9.68. The number of amides is 1. The van der Waals surface area contributed by atoms with Crippen molar-refractivity contribution in [3.63, 3.8) is 0 Å². The number of halogens is 1. The molecule has 1 unspecified atom stereocenters. The Kier molecular flexibility index (Phi) is 5.30. The van der Waals surface area contributed by atoms with Crippen LogP contribution in [0.25, 0.3) is 0 Å². The molecule has 104 valence electrons. The molecule has 1 aromatic heterocycles. The van der Waals surface area contributed by atoms with Crippen LogP contribution in [0.1, 0.15) is 35.2 Å². The lowest BCUT2D eigenvalue weighted by molar-refractivity contribution is 0.0951. The normalized spacial score (nSPS) is 11.9. The molecule has 2 aromatic rings. The molecule has 0 bridgehead atoms. The number of rotatable bonds is 5. The van der Waals surface area contributed by atoms with Gasteiger partial charge in [-0.05, 0) is 46.0 Å². The van der Waals surface area contributed by atoms with Crippen LogP contribution < -0.4 is 5.32 Å². The van der Waals surface area contributed by atoms with Gasteiger partial charge in [0.2, 0.25) is 0 Å². The molecule has 2 rings (SSSR count). The van der Waals surface area contributed by atoms with E-state index in [2.05, 4.69) is 45.3 Å². The summed E-state index contributed by atoms with van der Waals surface area (Å²) in [5.74, 6) is 0.332. The van der Waals surface area contributed by atoms with E-state index in [-0.39, 0.29) is 5.91 Å². The van der Waals surface area contributed by atoms with Crippen LogP contribution in [0.3, 0.4) is 0 Å². The molecular weight excluding hydrogens is 316 g/mol. The zero-order valence-electron chi connectivity index (χ0n) is 11.3. The Balaban J connectivity index is 1.84. The van der Waals surface area contributed by atoms with Gasteiger partial charge in [0.25, 0.3) is 5.91 Å². The van der Waals surface area contributed by atoms with Gasteiger partial charge in [0.05, 0.1) is 5.56 Å². The first-order valence-corrected chi connectivity index (χ1v) is 7.41. The molecule has 1 amide bonds. The minimum absolute atomic E-state index is 0.0924. The lowest BCUT2D eigenvalue weighted by Gasteiger charge is -2.12. The van der Waals surface area contributed by atoms with E-state index in [1.54, 1.807) is 18.3 Å². The summed E-state index contributed by atoms with van der Waals surface area (Å²) in [5, 5.41) is 2.93. The Hall–Kier alpha value is -1.68. The van der Waals surface area contributed by atoms with Crippen LogP contribution in [0, 0.1) is 0 Å². The van der Waals surface area contributed by atoms with Gasteiger partial charge >= 0.3 is 0 Å². The second-order valence-corrected chi connectivity index (χ2v) is 5.45. The van der Waals surface area contributed by atoms with Crippen LogP contribution in [0.4, 0.5) is 0 Å². The SMILES string of the molecule is CC(CCNC(=O)c1cccnc1Br)c1ccccc1. The quantitative estimate of drug-likeness (QED) is 0.847. The molecule has 1 heterocycles. The maximum atomic E-state index is 12.0. The first-order valence-electron chi connectivity index (χ1n) is 6.62. The molecule has 1 aromatic carbocycles. The standard InChI is InChI=1S/C16H17BrN2O/c1-12(13-6-3-2-4-7-13)9-11-19-16(20)14-8-5-10-18-15(14)17/h2-8,10,12H,9,11H2,1H3,(H,19,20). The van der Waals surface area contributed by atoms with Crippen LogP contribution in [-0.2, 0) is 0 Å². The second kappa shape index (κ2) is 7.20. The summed E-state index contributed by atoms with van der Waals surface area (Å²) in [6.07, 6.45) is 2.56. The van der Waals surface area contributed by atoms with E-state index in [1.165, 1.54) is 5.56 Å². The Morgan fingerprint density at radius 3 is 2.70 bits per heavy atom. The number of hydrogen-bond acceptors (Lipinski definition) is 2. The topological polar surface area (TPSA) is 42.0 Å². The van der Waals surface area contributed by atoms with Crippen molar-refractivity contribution in [3.05, 3.63) is 64.4 Å². The number of pyridine rings is 1. The van der Waals surface area contributed by atoms with Crippen molar-refractivity contribution in [2.75, 3.05) is 6.54 Å². The number of nitrogens with one attached hydrogen (secondary N) is 1. The minimum atomic E-state index is -0.0924. The average Bonchev–Trinajstić information content (AvgIpc) is 2.48. The molecule has 0 saturated carbocycles. The van der Waals surface area contributed by atoms with Crippen molar-refractivity contribution in [1.29, 1.82) is 0 Å². The molecular formula is C16H17BrN2O. The summed E-state index contributed by atoms with van der Waals surface area (Å²) in [6.45, 7) is 2.82. The van der Waals surface area contributed by atoms with Gasteiger partial charge in [-0.15, -0.1) is 0 Å². The fourth-order valence-electron chi connectivity index (χ4n) is 2.00. The largest absolute Gasteiger partial charge is 0.352 e. The number of benzene rings is 1. The molecule has 0 aliphatic rings. The van der Waals surface area contributed by atoms with Crippen molar-refractivity contribution >= 4 is 21.8 Å². The van der Waals surface area contributed by atoms with Crippen molar-refractivity contribution < 1.29 is 4.79 Å². The molecule has 0 aliphatic carbocycles. The van der Waals surface area contributed by atoms with E-state index < -0.39 is 0 Å². The molecule has 0 radical (unpaired) electrons. The lowest BCUT2D eigenvalue weighted by Crippen LogP contribution is -2.25. The molecule has 0 aliphatic heterocycles. The van der Waals surface area contributed by atoms with Crippen LogP contribution in [0.15, 0.2) is 53.3 Å². The highest BCUT2D eigenvalue weighted by Gasteiger charge is 2.10. The number of aromatic nitrogens is 1. The van der Waals surface area contributed by atoms with Gasteiger partial charge in [-0.3, -0.25) is 4.79 Å². The molecule has 0 saturated heterocycles. The zero-order valence-corrected chi connectivity index (χ0v) is 12.9. The van der Waals surface area contributed by atoms with Crippen molar-refractivity contribution in [1.82, 2.24) is 10.3 Å². The fourth-order valence-corrected chi connectivity index (χ4v) is 2.43. The molecule has 0 fully saturated rings. The molecule has 3 nitrogen and oxygen atoms in total. The smallest absolute Gasteiger partial charge is 0.254 e. The average molecular weight is 333 g/mol. The molecule has 4 heteroatoms. The van der Waals surface area contributed by atoms with Gasteiger partial charge in [-0.25, -0.2) is 4.98 Å². The van der Waals surface area contributed by atoms with Crippen LogP contribution in [0.2, 0.25) is 0 Å². The summed E-state index contributed by atoms with van der Waals surface area (Å²) in [7, 11) is 0. The Bertz CT molecular complexity index is 572. The third kappa shape index (κ3) is 3.90. The van der Waals surface area contributed by atoms with E-state index in [0.717, 1.165) is 6.42 Å². The molecule has 0 spiro atoms. The van der Waals surface area contributed by atoms with Gasteiger partial charge < -0.3 is 5.32 Å². The monoisotopic (exact) mass is 332 g/mol. The number of carbonyl (C=O) groups excluding carboxylic acids is 1. The van der Waals surface area contributed by atoms with Crippen LogP contribution >= 0.6 is 15.9 Å². The summed E-state index contributed by atoms with van der Waals surface area (Å²) in [4.78, 5) is 16.0. The van der Waals surface area contributed by atoms with Gasteiger partial charge in [0, 0.05) is 12.7 Å². The van der Waals surface area contributed by atoms with Crippen molar-refractivity contribution in [3.8, 4) is 0 Å². The summed E-state index contributed by atoms with van der Waals surface area (Å²) >= 11 is 3.28. The third-order valence-electron chi connectivity index (χ3n) is 3.24. The number of nitrogens with zero attached hydrogens (tertiary/aromatic N) is 1. The Morgan fingerprint density at radius 1 is 1.25 bits per heavy atom. The maximum absolute atomic E-state index is 12.0. The highest BCUT2D eigenvalue weighted by Crippen LogP contribution is 2.18. The van der Waals surface area contributed by atoms with Crippen molar-refractivity contribution in [2.24, 2.45) is 0 Å². The third-order valence-corrected chi connectivity index (χ3v) is 3.87. The van der Waals surface area contributed by atoms with E-state index >= 15 is 0 Å². The van der Waals surface area contributed by atoms with E-state index in [4.69, 9.17) is 0 Å². The van der Waals surface area contributed by atoms with E-state index in [9.17, 15) is 4.79 Å². The number of carbonyl (C=O) groups is 1. The first kappa shape index (κ1) is 14.7. The minimum Gasteiger partial charge on any atom is -0.352 e. The van der Waals surface area contributed by atoms with Gasteiger partial charge in [0.15, 0.2) is 0 Å². The molecule has 20 heavy (non-hydrogen) atoms. The maximum Gasteiger partial charge on any atom is 0.254 e. The summed E-state index contributed by atoms with van der Waals surface area (Å²) in [6, 6.07) is 13.8. The Labute approximate surface area is 127 Å². The fraction of sp³-hybridized carbons (Fsp3) is 0.250. The summed E-state index contributed by atoms with van der Waals surface area (Å²) < 4.78 is 0.577. The van der Waals surface area contributed by atoms with E-state index in [0.29, 0.717) is 22.6 Å². The van der Waals surface area contributed by atoms with Crippen LogP contribution in [0.5, 0.6) is 0 Å². The zero-order chi connectivity index (χ0) is 14.4.